The van der Waals surface area contributed by atoms with E-state index in [1.54, 1.807) is 36.4 Å². The maximum atomic E-state index is 13.9. The number of nitrogens with zero attached hydrogens (tertiary/aromatic N) is 4. The molecule has 0 bridgehead atoms. The molecule has 1 aromatic heterocycles. The molecule has 0 spiro atoms. The Morgan fingerprint density at radius 2 is 1.57 bits per heavy atom. The van der Waals surface area contributed by atoms with Crippen LogP contribution in [0.15, 0.2) is 78.0 Å². The normalized spacial score (nSPS) is 20.4. The van der Waals surface area contributed by atoms with Gasteiger partial charge in [-0.3, -0.25) is 9.59 Å². The van der Waals surface area contributed by atoms with Gasteiger partial charge in [0.1, 0.15) is 11.6 Å². The van der Waals surface area contributed by atoms with E-state index in [-0.39, 0.29) is 47.5 Å². The number of fused-ring (bicyclic) bond motifs is 4. The highest BCUT2D eigenvalue weighted by atomic mass is 33.1. The molecule has 3 amide bonds. The van der Waals surface area contributed by atoms with Crippen LogP contribution in [0.25, 0.3) is 0 Å². The second-order valence-corrected chi connectivity index (χ2v) is 17.7. The molecule has 0 radical (unpaired) electrons. The lowest BCUT2D eigenvalue weighted by molar-refractivity contribution is 0.0491. The summed E-state index contributed by atoms with van der Waals surface area (Å²) >= 11 is 0. The van der Waals surface area contributed by atoms with Gasteiger partial charge in [-0.15, -0.1) is 0 Å². The second kappa shape index (κ2) is 18.4. The molecule has 4 aliphatic heterocycles. The molecule has 2 saturated heterocycles. The third-order valence-corrected chi connectivity index (χ3v) is 13.6. The Morgan fingerprint density at radius 3 is 2.28 bits per heavy atom. The SMILES string of the molecule is C=C1C[C@H]2CCc3cc(OCCCCCOc4cc5c(cc4OC)C(=O)N4CC(=C)C[C@H]4[C@H](O)N5C(=O)OC[C@@H](C)SSc4ccccn4)c(OC)cc3C(=O)N2C1. The van der Waals surface area contributed by atoms with Gasteiger partial charge in [0, 0.05) is 42.2 Å². The first-order chi connectivity index (χ1) is 28.1. The van der Waals surface area contributed by atoms with Crippen molar-refractivity contribution in [1.82, 2.24) is 14.8 Å². The van der Waals surface area contributed by atoms with Crippen molar-refractivity contribution in [3.05, 3.63) is 89.7 Å². The van der Waals surface area contributed by atoms with Crippen molar-refractivity contribution < 1.29 is 43.2 Å². The first-order valence-electron chi connectivity index (χ1n) is 19.6. The quantitative estimate of drug-likeness (QED) is 0.0933. The number of benzene rings is 2. The summed E-state index contributed by atoms with van der Waals surface area (Å²) in [4.78, 5) is 50.1. The zero-order valence-electron chi connectivity index (χ0n) is 33.1. The molecule has 308 valence electrons. The molecule has 13 nitrogen and oxygen atoms in total. The van der Waals surface area contributed by atoms with Crippen molar-refractivity contribution in [2.24, 2.45) is 0 Å². The highest BCUT2D eigenvalue weighted by Crippen LogP contribution is 2.43. The largest absolute Gasteiger partial charge is 0.493 e. The number of aryl methyl sites for hydroxylation is 1. The van der Waals surface area contributed by atoms with Crippen LogP contribution in [-0.4, -0.2) is 108 Å². The number of ether oxygens (including phenoxy) is 5. The van der Waals surface area contributed by atoms with Crippen LogP contribution in [0.2, 0.25) is 0 Å². The molecule has 58 heavy (non-hydrogen) atoms. The van der Waals surface area contributed by atoms with Gasteiger partial charge in [0.25, 0.3) is 11.8 Å². The van der Waals surface area contributed by atoms with Crippen molar-refractivity contribution in [2.75, 3.05) is 52.0 Å². The molecule has 3 aromatic rings. The molecule has 1 N–H and O–H groups in total. The Hall–Kier alpha value is -4.86. The van der Waals surface area contributed by atoms with Crippen LogP contribution in [0.4, 0.5) is 10.5 Å². The number of methoxy groups -OCH3 is 2. The molecular weight excluding hydrogens is 781 g/mol. The molecule has 15 heteroatoms. The Labute approximate surface area is 347 Å². The van der Waals surface area contributed by atoms with Crippen LogP contribution in [0, 0.1) is 0 Å². The van der Waals surface area contributed by atoms with Gasteiger partial charge in [-0.05, 0) is 98.6 Å². The molecule has 4 atom stereocenters. The van der Waals surface area contributed by atoms with Crippen LogP contribution in [0.1, 0.15) is 71.7 Å². The summed E-state index contributed by atoms with van der Waals surface area (Å²) in [5.74, 6) is 1.47. The van der Waals surface area contributed by atoms with Gasteiger partial charge in [-0.2, -0.15) is 0 Å². The van der Waals surface area contributed by atoms with E-state index in [4.69, 9.17) is 23.7 Å². The minimum atomic E-state index is -1.39. The number of aliphatic hydroxyl groups is 1. The van der Waals surface area contributed by atoms with Crippen LogP contribution < -0.4 is 23.8 Å². The van der Waals surface area contributed by atoms with Crippen molar-refractivity contribution in [2.45, 2.75) is 80.5 Å². The molecule has 4 aliphatic rings. The van der Waals surface area contributed by atoms with E-state index < -0.39 is 18.4 Å². The van der Waals surface area contributed by atoms with E-state index in [9.17, 15) is 19.5 Å². The maximum Gasteiger partial charge on any atom is 0.416 e. The highest BCUT2D eigenvalue weighted by molar-refractivity contribution is 8.76. The van der Waals surface area contributed by atoms with Gasteiger partial charge in [0.15, 0.2) is 29.2 Å². The lowest BCUT2D eigenvalue weighted by Gasteiger charge is -2.31. The minimum Gasteiger partial charge on any atom is -0.493 e. The number of aliphatic hydroxyl groups excluding tert-OH is 1. The smallest absolute Gasteiger partial charge is 0.416 e. The first kappa shape index (κ1) is 41.3. The maximum absolute atomic E-state index is 13.9. The highest BCUT2D eigenvalue weighted by Gasteiger charge is 2.46. The number of anilines is 1. The monoisotopic (exact) mass is 830 g/mol. The molecule has 5 heterocycles. The molecule has 0 unspecified atom stereocenters. The molecule has 0 aliphatic carbocycles. The van der Waals surface area contributed by atoms with Crippen molar-refractivity contribution in [3.63, 3.8) is 0 Å². The average molecular weight is 831 g/mol. The van der Waals surface area contributed by atoms with Crippen LogP contribution >= 0.6 is 21.6 Å². The van der Waals surface area contributed by atoms with Gasteiger partial charge >= 0.3 is 6.09 Å². The van der Waals surface area contributed by atoms with Crippen LogP contribution in [0.3, 0.4) is 0 Å². The Morgan fingerprint density at radius 1 is 0.897 bits per heavy atom. The number of carbonyl (C=O) groups excluding carboxylic acids is 3. The van der Waals surface area contributed by atoms with E-state index in [0.29, 0.717) is 61.2 Å². The number of rotatable bonds is 15. The van der Waals surface area contributed by atoms with E-state index in [1.807, 2.05) is 36.1 Å². The van der Waals surface area contributed by atoms with Crippen LogP contribution in [-0.2, 0) is 11.2 Å². The zero-order valence-corrected chi connectivity index (χ0v) is 34.8. The van der Waals surface area contributed by atoms with E-state index in [0.717, 1.165) is 58.7 Å². The predicted octanol–water partition coefficient (Wildman–Crippen LogP) is 7.32. The zero-order chi connectivity index (χ0) is 40.9. The number of amides is 3. The number of hydrogen-bond donors (Lipinski definition) is 1. The number of aromatic nitrogens is 1. The van der Waals surface area contributed by atoms with E-state index in [2.05, 4.69) is 18.1 Å². The fourth-order valence-electron chi connectivity index (χ4n) is 7.87. The lowest BCUT2D eigenvalue weighted by atomic mass is 10.00. The van der Waals surface area contributed by atoms with E-state index in [1.165, 1.54) is 28.7 Å². The van der Waals surface area contributed by atoms with Gasteiger partial charge in [0.2, 0.25) is 0 Å². The molecular formula is C43H50N4O9S2. The number of pyridine rings is 1. The summed E-state index contributed by atoms with van der Waals surface area (Å²) in [6, 6.07) is 12.0. The Balaban J connectivity index is 0.977. The van der Waals surface area contributed by atoms with E-state index >= 15 is 0 Å². The standard InChI is InChI=1S/C43H50N4O9S2/c1-26-17-30-13-12-29-19-37(35(52-4)20-31(29)40(48)45(30)23-26)54-15-9-6-10-16-55-38-22-33-32(21-36(38)53-5)41(49)46-24-27(2)18-34(46)42(50)47(33)43(51)56-25-28(3)57-58-39-11-7-8-14-44-39/h7-8,11,14,19-22,28,30,34,42,50H,1-2,6,9-10,12-13,15-18,23-25H2,3-5H3/t28-,30-,34+,42+/m1/s1. The topological polar surface area (TPSA) is 140 Å². The average Bonchev–Trinajstić information content (AvgIpc) is 3.77. The second-order valence-electron chi connectivity index (χ2n) is 15.0. The lowest BCUT2D eigenvalue weighted by Crippen LogP contribution is -2.51. The first-order valence-corrected chi connectivity index (χ1v) is 21.8. The van der Waals surface area contributed by atoms with Gasteiger partial charge in [-0.25, -0.2) is 14.7 Å². The van der Waals surface area contributed by atoms with Crippen molar-refractivity contribution in [3.8, 4) is 23.0 Å². The molecule has 2 fully saturated rings. The summed E-state index contributed by atoms with van der Waals surface area (Å²) in [6.45, 7) is 11.8. The predicted molar refractivity (Wildman–Crippen MR) is 223 cm³/mol. The summed E-state index contributed by atoms with van der Waals surface area (Å²) < 4.78 is 29.4. The fraction of sp³-hybridized carbons (Fsp3) is 0.442. The fourth-order valence-corrected chi connectivity index (χ4v) is 9.75. The van der Waals surface area contributed by atoms with Gasteiger partial charge in [0.05, 0.1) is 44.7 Å². The molecule has 7 rings (SSSR count). The van der Waals surface area contributed by atoms with Crippen molar-refractivity contribution in [1.29, 1.82) is 0 Å². The van der Waals surface area contributed by atoms with Gasteiger partial charge < -0.3 is 38.6 Å². The summed E-state index contributed by atoms with van der Waals surface area (Å²) in [6.07, 6.45) is 4.61. The number of unbranched alkanes of at least 4 members (excludes halogenated alkanes) is 2. The summed E-state index contributed by atoms with van der Waals surface area (Å²) in [5, 5.41) is 12.4. The Bertz CT molecular complexity index is 2050. The number of hydrogen-bond acceptors (Lipinski definition) is 12. The Kier molecular flexibility index (Phi) is 13.1. The van der Waals surface area contributed by atoms with Gasteiger partial charge in [-0.1, -0.05) is 41.2 Å². The summed E-state index contributed by atoms with van der Waals surface area (Å²) in [7, 11) is 6.06. The van der Waals surface area contributed by atoms with Crippen molar-refractivity contribution >= 4 is 45.2 Å². The van der Waals surface area contributed by atoms with Crippen LogP contribution in [0.5, 0.6) is 23.0 Å². The molecule has 2 aromatic carbocycles. The minimum absolute atomic E-state index is 0.0190. The molecule has 0 saturated carbocycles. The summed E-state index contributed by atoms with van der Waals surface area (Å²) in [5.41, 5.74) is 3.88. The number of carbonyl (C=O) groups is 3. The third-order valence-electron chi connectivity index (χ3n) is 10.8. The third kappa shape index (κ3) is 8.91.